The van der Waals surface area contributed by atoms with Gasteiger partial charge in [-0.05, 0) is 30.7 Å². The molecule has 0 aliphatic carbocycles. The smallest absolute Gasteiger partial charge is 0.303 e. The molecule has 1 heterocycles. The van der Waals surface area contributed by atoms with Crippen molar-refractivity contribution >= 4 is 41.2 Å². The van der Waals surface area contributed by atoms with Gasteiger partial charge in [0.1, 0.15) is 5.70 Å². The molecule has 6 heteroatoms. The molecule has 18 heavy (non-hydrogen) atoms. The first-order valence-electron chi connectivity index (χ1n) is 5.32. The van der Waals surface area contributed by atoms with Crippen molar-refractivity contribution in [3.63, 3.8) is 0 Å². The summed E-state index contributed by atoms with van der Waals surface area (Å²) in [6, 6.07) is 4.57. The molecular weight excluding hydrogens is 275 g/mol. The Labute approximate surface area is 114 Å². The minimum atomic E-state index is -0.409. The summed E-state index contributed by atoms with van der Waals surface area (Å²) < 4.78 is 0. The number of hydrogen-bond donors (Lipinski definition) is 1. The van der Waals surface area contributed by atoms with E-state index in [4.69, 9.17) is 23.2 Å². The SMILES string of the molecule is CCN1C(=O)N/C(=C/c2ccc(Cl)c(Cl)c2)C1=O. The van der Waals surface area contributed by atoms with E-state index in [1.807, 2.05) is 0 Å². The van der Waals surface area contributed by atoms with E-state index in [9.17, 15) is 9.59 Å². The molecule has 1 fully saturated rings. The van der Waals surface area contributed by atoms with Crippen LogP contribution >= 0.6 is 23.2 Å². The molecule has 0 saturated carbocycles. The van der Waals surface area contributed by atoms with Crippen LogP contribution in [0.25, 0.3) is 6.08 Å². The fourth-order valence-corrected chi connectivity index (χ4v) is 1.93. The second kappa shape index (κ2) is 5.00. The van der Waals surface area contributed by atoms with Gasteiger partial charge in [0.05, 0.1) is 10.0 Å². The summed E-state index contributed by atoms with van der Waals surface area (Å²) in [5, 5.41) is 3.35. The molecule has 0 aromatic heterocycles. The highest BCUT2D eigenvalue weighted by Gasteiger charge is 2.31. The molecule has 0 radical (unpaired) electrons. The molecule has 0 atom stereocenters. The maximum Gasteiger partial charge on any atom is 0.328 e. The first-order valence-corrected chi connectivity index (χ1v) is 6.08. The van der Waals surface area contributed by atoms with Gasteiger partial charge in [-0.1, -0.05) is 29.3 Å². The van der Waals surface area contributed by atoms with Crippen molar-refractivity contribution in [1.29, 1.82) is 0 Å². The summed E-state index contributed by atoms with van der Waals surface area (Å²) in [6.45, 7) is 2.07. The monoisotopic (exact) mass is 284 g/mol. The van der Waals surface area contributed by atoms with E-state index in [0.717, 1.165) is 4.90 Å². The normalized spacial score (nSPS) is 17.5. The molecular formula is C12H10Cl2N2O2. The predicted molar refractivity (Wildman–Crippen MR) is 70.4 cm³/mol. The van der Waals surface area contributed by atoms with Crippen molar-refractivity contribution in [2.24, 2.45) is 0 Å². The maximum absolute atomic E-state index is 11.8. The van der Waals surface area contributed by atoms with E-state index < -0.39 is 6.03 Å². The minimum Gasteiger partial charge on any atom is -0.303 e. The van der Waals surface area contributed by atoms with Crippen LogP contribution in [0.4, 0.5) is 4.79 Å². The van der Waals surface area contributed by atoms with Gasteiger partial charge >= 0.3 is 6.03 Å². The van der Waals surface area contributed by atoms with Gasteiger partial charge in [0, 0.05) is 6.54 Å². The Bertz CT molecular complexity index is 555. The van der Waals surface area contributed by atoms with E-state index >= 15 is 0 Å². The molecule has 2 rings (SSSR count). The van der Waals surface area contributed by atoms with Crippen LogP contribution in [0, 0.1) is 0 Å². The van der Waals surface area contributed by atoms with Crippen LogP contribution in [0.1, 0.15) is 12.5 Å². The summed E-state index contributed by atoms with van der Waals surface area (Å²) >= 11 is 11.7. The van der Waals surface area contributed by atoms with Crippen LogP contribution in [0.15, 0.2) is 23.9 Å². The predicted octanol–water partition coefficient (Wildman–Crippen LogP) is 2.91. The lowest BCUT2D eigenvalue weighted by Crippen LogP contribution is -2.30. The Morgan fingerprint density at radius 1 is 1.28 bits per heavy atom. The molecule has 3 amide bonds. The highest BCUT2D eigenvalue weighted by molar-refractivity contribution is 6.42. The van der Waals surface area contributed by atoms with Crippen LogP contribution in [0.3, 0.4) is 0 Å². The lowest BCUT2D eigenvalue weighted by molar-refractivity contribution is -0.122. The van der Waals surface area contributed by atoms with Crippen molar-refractivity contribution in [1.82, 2.24) is 10.2 Å². The number of amides is 3. The summed E-state index contributed by atoms with van der Waals surface area (Å²) in [5.41, 5.74) is 0.936. The number of hydrogen-bond acceptors (Lipinski definition) is 2. The average molecular weight is 285 g/mol. The number of imide groups is 1. The van der Waals surface area contributed by atoms with E-state index in [2.05, 4.69) is 5.32 Å². The summed E-state index contributed by atoms with van der Waals surface area (Å²) in [5.74, 6) is -0.339. The highest BCUT2D eigenvalue weighted by atomic mass is 35.5. The molecule has 4 nitrogen and oxygen atoms in total. The third kappa shape index (κ3) is 2.35. The van der Waals surface area contributed by atoms with Crippen LogP contribution in [-0.4, -0.2) is 23.4 Å². The summed E-state index contributed by atoms with van der Waals surface area (Å²) in [7, 11) is 0. The molecule has 0 bridgehead atoms. The van der Waals surface area contributed by atoms with Gasteiger partial charge in [-0.3, -0.25) is 9.69 Å². The van der Waals surface area contributed by atoms with E-state index in [-0.39, 0.29) is 11.6 Å². The zero-order valence-corrected chi connectivity index (χ0v) is 11.0. The lowest BCUT2D eigenvalue weighted by Gasteiger charge is -2.06. The Kier molecular flexibility index (Phi) is 3.59. The molecule has 1 N–H and O–H groups in total. The fourth-order valence-electron chi connectivity index (χ4n) is 1.63. The average Bonchev–Trinajstić information content (AvgIpc) is 2.59. The Morgan fingerprint density at radius 2 is 2.00 bits per heavy atom. The van der Waals surface area contributed by atoms with Gasteiger partial charge in [-0.2, -0.15) is 0 Å². The van der Waals surface area contributed by atoms with Gasteiger partial charge in [0.2, 0.25) is 0 Å². The summed E-state index contributed by atoms with van der Waals surface area (Å²) in [6.07, 6.45) is 1.57. The van der Waals surface area contributed by atoms with Gasteiger partial charge in [-0.15, -0.1) is 0 Å². The standard InChI is InChI=1S/C12H10Cl2N2O2/c1-2-16-11(17)10(15-12(16)18)6-7-3-4-8(13)9(14)5-7/h3-6H,2H2,1H3,(H,15,18)/b10-6+. The van der Waals surface area contributed by atoms with Crippen molar-refractivity contribution in [2.75, 3.05) is 6.54 Å². The van der Waals surface area contributed by atoms with Crippen LogP contribution < -0.4 is 5.32 Å². The zero-order chi connectivity index (χ0) is 13.3. The Hall–Kier alpha value is -1.52. The van der Waals surface area contributed by atoms with E-state index in [1.165, 1.54) is 0 Å². The number of urea groups is 1. The number of likely N-dealkylation sites (N-methyl/N-ethyl adjacent to an activating group) is 1. The minimum absolute atomic E-state index is 0.236. The van der Waals surface area contributed by atoms with Crippen molar-refractivity contribution in [3.8, 4) is 0 Å². The number of benzene rings is 1. The first kappa shape index (κ1) is 12.9. The molecule has 1 aliphatic heterocycles. The van der Waals surface area contributed by atoms with Crippen LogP contribution in [0.2, 0.25) is 10.0 Å². The number of rotatable bonds is 2. The van der Waals surface area contributed by atoms with E-state index in [1.54, 1.807) is 31.2 Å². The lowest BCUT2D eigenvalue weighted by atomic mass is 10.2. The van der Waals surface area contributed by atoms with Gasteiger partial charge in [-0.25, -0.2) is 4.79 Å². The quantitative estimate of drug-likeness (QED) is 0.671. The van der Waals surface area contributed by atoms with Crippen molar-refractivity contribution < 1.29 is 9.59 Å². The molecule has 94 valence electrons. The van der Waals surface area contributed by atoms with Crippen molar-refractivity contribution in [2.45, 2.75) is 6.92 Å². The molecule has 0 unspecified atom stereocenters. The number of halogens is 2. The summed E-state index contributed by atoms with van der Waals surface area (Å²) in [4.78, 5) is 24.4. The molecule has 1 aliphatic rings. The Balaban J connectivity index is 2.32. The Morgan fingerprint density at radius 3 is 2.56 bits per heavy atom. The molecule has 1 aromatic carbocycles. The second-order valence-electron chi connectivity index (χ2n) is 3.71. The fraction of sp³-hybridized carbons (Fsp3) is 0.167. The van der Waals surface area contributed by atoms with Gasteiger partial charge in [0.25, 0.3) is 5.91 Å². The molecule has 1 aromatic rings. The second-order valence-corrected chi connectivity index (χ2v) is 4.53. The largest absolute Gasteiger partial charge is 0.328 e. The maximum atomic E-state index is 11.8. The van der Waals surface area contributed by atoms with Gasteiger partial charge < -0.3 is 5.32 Å². The van der Waals surface area contributed by atoms with Crippen LogP contribution in [-0.2, 0) is 4.79 Å². The molecule has 1 saturated heterocycles. The molecule has 0 spiro atoms. The van der Waals surface area contributed by atoms with E-state index in [0.29, 0.717) is 22.2 Å². The van der Waals surface area contributed by atoms with Crippen molar-refractivity contribution in [3.05, 3.63) is 39.5 Å². The zero-order valence-electron chi connectivity index (χ0n) is 9.54. The number of nitrogens with zero attached hydrogens (tertiary/aromatic N) is 1. The highest BCUT2D eigenvalue weighted by Crippen LogP contribution is 2.24. The first-order chi connectivity index (χ1) is 8.52. The topological polar surface area (TPSA) is 49.4 Å². The number of carbonyl (C=O) groups excluding carboxylic acids is 2. The van der Waals surface area contributed by atoms with Crippen LogP contribution in [0.5, 0.6) is 0 Å². The number of nitrogens with one attached hydrogen (secondary N) is 1. The van der Waals surface area contributed by atoms with Gasteiger partial charge in [0.15, 0.2) is 0 Å². The third-order valence-electron chi connectivity index (χ3n) is 2.53. The number of carbonyl (C=O) groups is 2. The third-order valence-corrected chi connectivity index (χ3v) is 3.27.